The molecular formula is C18H28N2O4. The minimum Gasteiger partial charge on any atom is -0.493 e. The van der Waals surface area contributed by atoms with E-state index in [4.69, 9.17) is 19.9 Å². The number of rotatable bonds is 6. The van der Waals surface area contributed by atoms with Gasteiger partial charge in [0.15, 0.2) is 11.5 Å². The highest BCUT2D eigenvalue weighted by Crippen LogP contribution is 2.38. The first kappa shape index (κ1) is 18.4. The molecule has 24 heavy (non-hydrogen) atoms. The molecular weight excluding hydrogens is 308 g/mol. The summed E-state index contributed by atoms with van der Waals surface area (Å²) in [6.45, 7) is 2.74. The molecule has 0 bridgehead atoms. The summed E-state index contributed by atoms with van der Waals surface area (Å²) in [4.78, 5) is 14.7. The molecule has 0 radical (unpaired) electrons. The van der Waals surface area contributed by atoms with Gasteiger partial charge in [0.2, 0.25) is 11.7 Å². The molecule has 6 heteroatoms. The molecule has 1 aromatic rings. The number of carbonyl (C=O) groups excluding carboxylic acids is 1. The normalized spacial score (nSPS) is 18.9. The maximum absolute atomic E-state index is 12.8. The predicted molar refractivity (Wildman–Crippen MR) is 92.8 cm³/mol. The topological polar surface area (TPSA) is 74.0 Å². The Morgan fingerprint density at radius 2 is 1.83 bits per heavy atom. The number of likely N-dealkylation sites (tertiary alicyclic amines) is 1. The first-order chi connectivity index (χ1) is 11.5. The second kappa shape index (κ2) is 8.24. The molecule has 0 spiro atoms. The first-order valence-corrected chi connectivity index (χ1v) is 8.35. The first-order valence-electron chi connectivity index (χ1n) is 8.35. The standard InChI is InChI=1S/C18H28N2O4/c1-12(19)14-7-5-6-8-20(14)17(21)11-13-9-15(22-2)18(24-4)16(10-13)23-3/h9-10,12,14H,5-8,11,19H2,1-4H3. The van der Waals surface area contributed by atoms with Crippen LogP contribution >= 0.6 is 0 Å². The third kappa shape index (κ3) is 3.93. The van der Waals surface area contributed by atoms with Crippen LogP contribution < -0.4 is 19.9 Å². The molecule has 0 aromatic heterocycles. The molecule has 1 fully saturated rings. The number of carbonyl (C=O) groups is 1. The van der Waals surface area contributed by atoms with Crippen LogP contribution in [0.1, 0.15) is 31.7 Å². The van der Waals surface area contributed by atoms with E-state index in [0.717, 1.165) is 31.4 Å². The van der Waals surface area contributed by atoms with E-state index in [2.05, 4.69) is 0 Å². The van der Waals surface area contributed by atoms with Crippen molar-refractivity contribution in [3.05, 3.63) is 17.7 Å². The van der Waals surface area contributed by atoms with Gasteiger partial charge in [-0.15, -0.1) is 0 Å². The minimum absolute atomic E-state index is 0.0193. The monoisotopic (exact) mass is 336 g/mol. The van der Waals surface area contributed by atoms with Gasteiger partial charge in [-0.2, -0.15) is 0 Å². The van der Waals surface area contributed by atoms with Crippen LogP contribution in [0.2, 0.25) is 0 Å². The Hall–Kier alpha value is -1.95. The van der Waals surface area contributed by atoms with Crippen molar-refractivity contribution in [1.29, 1.82) is 0 Å². The second-order valence-electron chi connectivity index (χ2n) is 6.22. The number of hydrogen-bond acceptors (Lipinski definition) is 5. The van der Waals surface area contributed by atoms with Gasteiger partial charge in [-0.1, -0.05) is 0 Å². The Balaban J connectivity index is 2.21. The van der Waals surface area contributed by atoms with Crippen LogP contribution in [0, 0.1) is 0 Å². The van der Waals surface area contributed by atoms with Crippen molar-refractivity contribution in [2.45, 2.75) is 44.7 Å². The number of ether oxygens (including phenoxy) is 3. The van der Waals surface area contributed by atoms with Crippen LogP contribution in [0.25, 0.3) is 0 Å². The summed E-state index contributed by atoms with van der Waals surface area (Å²) in [5.41, 5.74) is 6.90. The Labute approximate surface area is 143 Å². The van der Waals surface area contributed by atoms with Gasteiger partial charge in [-0.05, 0) is 43.9 Å². The lowest BCUT2D eigenvalue weighted by molar-refractivity contribution is -0.134. The van der Waals surface area contributed by atoms with Crippen LogP contribution in [0.3, 0.4) is 0 Å². The van der Waals surface area contributed by atoms with Gasteiger partial charge in [-0.25, -0.2) is 0 Å². The van der Waals surface area contributed by atoms with Crippen LogP contribution in [0.5, 0.6) is 17.2 Å². The molecule has 2 rings (SSSR count). The van der Waals surface area contributed by atoms with Crippen LogP contribution in [0.15, 0.2) is 12.1 Å². The van der Waals surface area contributed by atoms with Gasteiger partial charge < -0.3 is 24.8 Å². The van der Waals surface area contributed by atoms with Crippen LogP contribution in [-0.4, -0.2) is 50.8 Å². The zero-order valence-electron chi connectivity index (χ0n) is 15.0. The molecule has 1 aliphatic heterocycles. The van der Waals surface area contributed by atoms with Gasteiger partial charge in [0.05, 0.1) is 27.8 Å². The molecule has 6 nitrogen and oxygen atoms in total. The van der Waals surface area contributed by atoms with E-state index in [1.807, 2.05) is 24.0 Å². The van der Waals surface area contributed by atoms with E-state index in [1.165, 1.54) is 0 Å². The second-order valence-corrected chi connectivity index (χ2v) is 6.22. The fourth-order valence-electron chi connectivity index (χ4n) is 3.33. The number of hydrogen-bond donors (Lipinski definition) is 1. The number of methoxy groups -OCH3 is 3. The molecule has 134 valence electrons. The van der Waals surface area contributed by atoms with E-state index in [-0.39, 0.29) is 18.0 Å². The van der Waals surface area contributed by atoms with Gasteiger partial charge >= 0.3 is 0 Å². The molecule has 1 aromatic carbocycles. The fourth-order valence-corrected chi connectivity index (χ4v) is 3.33. The number of amides is 1. The van der Waals surface area contributed by atoms with Crippen molar-refractivity contribution in [2.75, 3.05) is 27.9 Å². The Bertz CT molecular complexity index is 549. The highest BCUT2D eigenvalue weighted by Gasteiger charge is 2.29. The summed E-state index contributed by atoms with van der Waals surface area (Å²) in [6.07, 6.45) is 3.42. The van der Waals surface area contributed by atoms with Crippen molar-refractivity contribution in [3.63, 3.8) is 0 Å². The molecule has 0 saturated carbocycles. The van der Waals surface area contributed by atoms with E-state index < -0.39 is 0 Å². The minimum atomic E-state index is -0.0193. The lowest BCUT2D eigenvalue weighted by Gasteiger charge is -2.38. The van der Waals surface area contributed by atoms with Gasteiger partial charge in [-0.3, -0.25) is 4.79 Å². The summed E-state index contributed by atoms with van der Waals surface area (Å²) >= 11 is 0. The molecule has 1 heterocycles. The molecule has 2 unspecified atom stereocenters. The van der Waals surface area contributed by atoms with Crippen molar-refractivity contribution in [1.82, 2.24) is 4.90 Å². The molecule has 2 N–H and O–H groups in total. The van der Waals surface area contributed by atoms with Crippen molar-refractivity contribution >= 4 is 5.91 Å². The highest BCUT2D eigenvalue weighted by atomic mass is 16.5. The third-order valence-electron chi connectivity index (χ3n) is 4.56. The number of benzene rings is 1. The van der Waals surface area contributed by atoms with Crippen molar-refractivity contribution < 1.29 is 19.0 Å². The van der Waals surface area contributed by atoms with Crippen molar-refractivity contribution in [2.24, 2.45) is 5.73 Å². The predicted octanol–water partition coefficient (Wildman–Crippen LogP) is 1.98. The zero-order valence-corrected chi connectivity index (χ0v) is 15.0. The summed E-state index contributed by atoms with van der Waals surface area (Å²) in [5, 5.41) is 0. The molecule has 2 atom stereocenters. The Morgan fingerprint density at radius 3 is 2.33 bits per heavy atom. The average molecular weight is 336 g/mol. The number of nitrogens with two attached hydrogens (primary N) is 1. The van der Waals surface area contributed by atoms with E-state index in [9.17, 15) is 4.79 Å². The van der Waals surface area contributed by atoms with E-state index >= 15 is 0 Å². The maximum Gasteiger partial charge on any atom is 0.227 e. The van der Waals surface area contributed by atoms with Gasteiger partial charge in [0.25, 0.3) is 0 Å². The van der Waals surface area contributed by atoms with Crippen molar-refractivity contribution in [3.8, 4) is 17.2 Å². The largest absolute Gasteiger partial charge is 0.493 e. The number of nitrogens with zero attached hydrogens (tertiary/aromatic N) is 1. The van der Waals surface area contributed by atoms with Gasteiger partial charge in [0, 0.05) is 18.6 Å². The number of piperidine rings is 1. The summed E-state index contributed by atoms with van der Waals surface area (Å²) in [5.74, 6) is 1.73. The lowest BCUT2D eigenvalue weighted by atomic mass is 9.96. The zero-order chi connectivity index (χ0) is 17.7. The Morgan fingerprint density at radius 1 is 1.21 bits per heavy atom. The molecule has 1 aliphatic rings. The lowest BCUT2D eigenvalue weighted by Crippen LogP contribution is -2.52. The maximum atomic E-state index is 12.8. The summed E-state index contributed by atoms with van der Waals surface area (Å²) < 4.78 is 16.0. The fraction of sp³-hybridized carbons (Fsp3) is 0.611. The summed E-state index contributed by atoms with van der Waals surface area (Å²) in [7, 11) is 4.70. The molecule has 1 saturated heterocycles. The van der Waals surface area contributed by atoms with E-state index in [0.29, 0.717) is 23.7 Å². The Kier molecular flexibility index (Phi) is 6.31. The van der Waals surface area contributed by atoms with Crippen LogP contribution in [-0.2, 0) is 11.2 Å². The molecule has 1 amide bonds. The van der Waals surface area contributed by atoms with Crippen LogP contribution in [0.4, 0.5) is 0 Å². The quantitative estimate of drug-likeness (QED) is 0.860. The van der Waals surface area contributed by atoms with E-state index in [1.54, 1.807) is 21.3 Å². The average Bonchev–Trinajstić information content (AvgIpc) is 2.60. The molecule has 0 aliphatic carbocycles. The smallest absolute Gasteiger partial charge is 0.227 e. The highest BCUT2D eigenvalue weighted by molar-refractivity contribution is 5.80. The SMILES string of the molecule is COc1cc(CC(=O)N2CCCCC2C(C)N)cc(OC)c1OC. The summed E-state index contributed by atoms with van der Waals surface area (Å²) in [6, 6.07) is 3.75. The van der Waals surface area contributed by atoms with Gasteiger partial charge in [0.1, 0.15) is 0 Å². The third-order valence-corrected chi connectivity index (χ3v) is 4.56.